The first-order valence-corrected chi connectivity index (χ1v) is 7.18. The summed E-state index contributed by atoms with van der Waals surface area (Å²) in [7, 11) is 0. The van der Waals surface area contributed by atoms with Crippen LogP contribution in [0.5, 0.6) is 0 Å². The Bertz CT molecular complexity index is 715. The second-order valence-corrected chi connectivity index (χ2v) is 4.90. The molecule has 2 heteroatoms. The van der Waals surface area contributed by atoms with Crippen molar-refractivity contribution in [1.29, 1.82) is 5.26 Å². The molecule has 0 saturated heterocycles. The molecule has 108 valence electrons. The fourth-order valence-electron chi connectivity index (χ4n) is 2.15. The normalized spacial score (nSPS) is 9.64. The van der Waals surface area contributed by atoms with Crippen LogP contribution >= 0.6 is 0 Å². The van der Waals surface area contributed by atoms with Crippen molar-refractivity contribution in [1.82, 2.24) is 4.90 Å². The van der Waals surface area contributed by atoms with Gasteiger partial charge in [-0.15, -0.1) is 6.58 Å². The predicted octanol–water partition coefficient (Wildman–Crippen LogP) is 3.60. The lowest BCUT2D eigenvalue weighted by Gasteiger charge is -2.18. The molecule has 2 nitrogen and oxygen atoms in total. The van der Waals surface area contributed by atoms with Gasteiger partial charge in [-0.2, -0.15) is 5.26 Å². The zero-order valence-electron chi connectivity index (χ0n) is 12.5. The summed E-state index contributed by atoms with van der Waals surface area (Å²) < 4.78 is 0. The molecule has 0 unspecified atom stereocenters. The molecule has 0 amide bonds. The molecule has 0 aliphatic heterocycles. The Kier molecular flexibility index (Phi) is 6.00. The van der Waals surface area contributed by atoms with Crippen LogP contribution in [0, 0.1) is 23.2 Å². The molecule has 22 heavy (non-hydrogen) atoms. The summed E-state index contributed by atoms with van der Waals surface area (Å²) in [6.07, 6.45) is 1.86. The highest BCUT2D eigenvalue weighted by Gasteiger charge is 2.06. The summed E-state index contributed by atoms with van der Waals surface area (Å²) in [5.41, 5.74) is 2.75. The highest BCUT2D eigenvalue weighted by atomic mass is 15.1. The van der Waals surface area contributed by atoms with Gasteiger partial charge in [0.1, 0.15) is 0 Å². The van der Waals surface area contributed by atoms with E-state index in [-0.39, 0.29) is 0 Å². The first-order valence-electron chi connectivity index (χ1n) is 7.18. The van der Waals surface area contributed by atoms with Gasteiger partial charge in [-0.3, -0.25) is 4.90 Å². The molecule has 0 atom stereocenters. The lowest BCUT2D eigenvalue weighted by molar-refractivity contribution is 0.332. The average Bonchev–Trinajstić information content (AvgIpc) is 2.56. The molecule has 0 spiro atoms. The van der Waals surface area contributed by atoms with E-state index in [1.54, 1.807) is 0 Å². The van der Waals surface area contributed by atoms with Crippen molar-refractivity contribution in [3.63, 3.8) is 0 Å². The van der Waals surface area contributed by atoms with Crippen molar-refractivity contribution >= 4 is 0 Å². The predicted molar refractivity (Wildman–Crippen MR) is 90.0 cm³/mol. The number of nitrogens with zero attached hydrogens (tertiary/aromatic N) is 2. The summed E-state index contributed by atoms with van der Waals surface area (Å²) in [4.78, 5) is 2.17. The van der Waals surface area contributed by atoms with E-state index < -0.39 is 0 Å². The van der Waals surface area contributed by atoms with Crippen LogP contribution < -0.4 is 0 Å². The fraction of sp³-hybridized carbons (Fsp3) is 0.150. The number of rotatable bonds is 5. The van der Waals surface area contributed by atoms with E-state index in [0.717, 1.165) is 17.7 Å². The quantitative estimate of drug-likeness (QED) is 0.620. The lowest BCUT2D eigenvalue weighted by Crippen LogP contribution is -2.24. The number of hydrogen-bond donors (Lipinski definition) is 0. The standard InChI is InChI=1S/C20H18N2/c1-2-14-22(15-8-11-18-9-4-3-5-10-18)17-20-13-7-6-12-19(20)16-21/h2-7,9-10,12-13H,1,14-15,17H2. The van der Waals surface area contributed by atoms with Crippen LogP contribution in [0.1, 0.15) is 16.7 Å². The number of nitriles is 1. The maximum atomic E-state index is 9.17. The van der Waals surface area contributed by atoms with E-state index in [9.17, 15) is 0 Å². The van der Waals surface area contributed by atoms with Gasteiger partial charge in [-0.25, -0.2) is 0 Å². The number of benzene rings is 2. The lowest BCUT2D eigenvalue weighted by atomic mass is 10.1. The third-order valence-corrected chi connectivity index (χ3v) is 3.23. The first kappa shape index (κ1) is 15.6. The third-order valence-electron chi connectivity index (χ3n) is 3.23. The summed E-state index contributed by atoms with van der Waals surface area (Å²) in [6.45, 7) is 5.87. The Morgan fingerprint density at radius 2 is 1.77 bits per heavy atom. The molecule has 0 saturated carbocycles. The van der Waals surface area contributed by atoms with Crippen LogP contribution in [-0.2, 0) is 6.54 Å². The summed E-state index contributed by atoms with van der Waals surface area (Å²) in [5.74, 6) is 6.35. The molecule has 0 aliphatic rings. The van der Waals surface area contributed by atoms with Gasteiger partial charge in [-0.05, 0) is 23.8 Å². The van der Waals surface area contributed by atoms with Crippen molar-refractivity contribution in [2.24, 2.45) is 0 Å². The average molecular weight is 286 g/mol. The van der Waals surface area contributed by atoms with Crippen LogP contribution in [0.3, 0.4) is 0 Å². The molecule has 0 bridgehead atoms. The first-order chi connectivity index (χ1) is 10.8. The van der Waals surface area contributed by atoms with Gasteiger partial charge in [0.2, 0.25) is 0 Å². The van der Waals surface area contributed by atoms with Crippen molar-refractivity contribution < 1.29 is 0 Å². The third kappa shape index (κ3) is 4.63. The monoisotopic (exact) mass is 286 g/mol. The Hall–Kier alpha value is -2.81. The molecule has 0 heterocycles. The van der Waals surface area contributed by atoms with Crippen molar-refractivity contribution in [2.45, 2.75) is 6.54 Å². The molecule has 2 rings (SSSR count). The zero-order chi connectivity index (χ0) is 15.6. The minimum Gasteiger partial charge on any atom is -0.284 e. The topological polar surface area (TPSA) is 27.0 Å². The van der Waals surface area contributed by atoms with Crippen LogP contribution in [0.2, 0.25) is 0 Å². The molecule has 0 aliphatic carbocycles. The van der Waals surface area contributed by atoms with E-state index in [1.807, 2.05) is 60.7 Å². The van der Waals surface area contributed by atoms with E-state index in [0.29, 0.717) is 18.7 Å². The van der Waals surface area contributed by atoms with Gasteiger partial charge < -0.3 is 0 Å². The molecular weight excluding hydrogens is 268 g/mol. The van der Waals surface area contributed by atoms with Crippen molar-refractivity contribution in [2.75, 3.05) is 13.1 Å². The molecular formula is C20H18N2. The fourth-order valence-corrected chi connectivity index (χ4v) is 2.15. The highest BCUT2D eigenvalue weighted by molar-refractivity contribution is 5.37. The minimum atomic E-state index is 0.640. The molecule has 0 fully saturated rings. The van der Waals surface area contributed by atoms with Crippen LogP contribution in [0.15, 0.2) is 67.3 Å². The van der Waals surface area contributed by atoms with E-state index in [4.69, 9.17) is 5.26 Å². The van der Waals surface area contributed by atoms with Crippen LogP contribution in [0.4, 0.5) is 0 Å². The van der Waals surface area contributed by atoms with Gasteiger partial charge >= 0.3 is 0 Å². The van der Waals surface area contributed by atoms with Gasteiger partial charge in [0.25, 0.3) is 0 Å². The van der Waals surface area contributed by atoms with Crippen LogP contribution in [-0.4, -0.2) is 18.0 Å². The zero-order valence-corrected chi connectivity index (χ0v) is 12.5. The van der Waals surface area contributed by atoms with E-state index in [2.05, 4.69) is 29.4 Å². The summed E-state index contributed by atoms with van der Waals surface area (Å²) in [5, 5.41) is 9.17. The van der Waals surface area contributed by atoms with E-state index >= 15 is 0 Å². The van der Waals surface area contributed by atoms with Crippen molar-refractivity contribution in [3.05, 3.63) is 83.9 Å². The Morgan fingerprint density at radius 1 is 1.05 bits per heavy atom. The van der Waals surface area contributed by atoms with Gasteiger partial charge in [0.15, 0.2) is 0 Å². The molecule has 2 aromatic rings. The molecule has 0 N–H and O–H groups in total. The van der Waals surface area contributed by atoms with Gasteiger partial charge in [0.05, 0.1) is 18.2 Å². The van der Waals surface area contributed by atoms with Crippen LogP contribution in [0.25, 0.3) is 0 Å². The summed E-state index contributed by atoms with van der Waals surface area (Å²) >= 11 is 0. The van der Waals surface area contributed by atoms with Gasteiger partial charge in [0, 0.05) is 18.7 Å². The maximum Gasteiger partial charge on any atom is 0.0995 e. The second kappa shape index (κ2) is 8.47. The highest BCUT2D eigenvalue weighted by Crippen LogP contribution is 2.10. The smallest absolute Gasteiger partial charge is 0.0995 e. The minimum absolute atomic E-state index is 0.640. The largest absolute Gasteiger partial charge is 0.284 e. The van der Waals surface area contributed by atoms with E-state index in [1.165, 1.54) is 0 Å². The Labute approximate surface area is 132 Å². The Balaban J connectivity index is 2.06. The summed E-state index contributed by atoms with van der Waals surface area (Å²) in [6, 6.07) is 19.8. The molecule has 0 radical (unpaired) electrons. The SMILES string of the molecule is C=CCN(CC#Cc1ccccc1)Cc1ccccc1C#N. The number of hydrogen-bond acceptors (Lipinski definition) is 2. The second-order valence-electron chi connectivity index (χ2n) is 4.90. The van der Waals surface area contributed by atoms with Gasteiger partial charge in [-0.1, -0.05) is 54.3 Å². The molecule has 2 aromatic carbocycles. The maximum absolute atomic E-state index is 9.17. The Morgan fingerprint density at radius 3 is 2.50 bits per heavy atom. The van der Waals surface area contributed by atoms with Crippen molar-refractivity contribution in [3.8, 4) is 17.9 Å². The molecule has 0 aromatic heterocycles.